The predicted molar refractivity (Wildman–Crippen MR) is 105 cm³/mol. The third-order valence-corrected chi connectivity index (χ3v) is 4.94. The van der Waals surface area contributed by atoms with Crippen LogP contribution in [-0.2, 0) is 11.2 Å². The first-order valence-electron chi connectivity index (χ1n) is 9.50. The molecule has 7 nitrogen and oxygen atoms in total. The van der Waals surface area contributed by atoms with Crippen LogP contribution in [0.25, 0.3) is 11.4 Å². The number of nitrogens with one attached hydrogen (secondary N) is 1. The molecule has 0 spiro atoms. The lowest BCUT2D eigenvalue weighted by molar-refractivity contribution is -0.130. The molecule has 2 aliphatic heterocycles. The zero-order valence-electron chi connectivity index (χ0n) is 15.6. The molecule has 1 aromatic heterocycles. The van der Waals surface area contributed by atoms with Crippen molar-refractivity contribution < 1.29 is 19.0 Å². The molecule has 0 fully saturated rings. The number of carbonyl (C=O) groups excluding carboxylic acids is 1. The van der Waals surface area contributed by atoms with Gasteiger partial charge in [-0.15, -0.1) is 0 Å². The molecule has 3 aromatic rings. The highest BCUT2D eigenvalue weighted by molar-refractivity contribution is 5.81. The van der Waals surface area contributed by atoms with E-state index in [0.29, 0.717) is 30.3 Å². The lowest BCUT2D eigenvalue weighted by Gasteiger charge is -2.26. The zero-order chi connectivity index (χ0) is 19.6. The molecule has 2 atom stereocenters. The van der Waals surface area contributed by atoms with E-state index in [1.165, 1.54) is 0 Å². The Labute approximate surface area is 167 Å². The summed E-state index contributed by atoms with van der Waals surface area (Å²) in [6, 6.07) is 15.0. The number of para-hydroxylation sites is 3. The second-order valence-electron chi connectivity index (χ2n) is 6.92. The van der Waals surface area contributed by atoms with Gasteiger partial charge < -0.3 is 19.5 Å². The van der Waals surface area contributed by atoms with Gasteiger partial charge in [0.2, 0.25) is 6.10 Å². The first kappa shape index (κ1) is 17.5. The van der Waals surface area contributed by atoms with Crippen molar-refractivity contribution in [3.05, 3.63) is 66.5 Å². The van der Waals surface area contributed by atoms with Crippen molar-refractivity contribution in [3.63, 3.8) is 0 Å². The van der Waals surface area contributed by atoms with Gasteiger partial charge in [0.25, 0.3) is 5.91 Å². The molecule has 0 unspecified atom stereocenters. The molecular weight excluding hydrogens is 370 g/mol. The summed E-state index contributed by atoms with van der Waals surface area (Å²) in [5.41, 5.74) is 1.94. The predicted octanol–water partition coefficient (Wildman–Crippen LogP) is 2.40. The van der Waals surface area contributed by atoms with E-state index in [0.717, 1.165) is 16.9 Å². The van der Waals surface area contributed by atoms with Crippen molar-refractivity contribution in [3.8, 4) is 28.6 Å². The van der Waals surface area contributed by atoms with Crippen LogP contribution < -0.4 is 19.5 Å². The minimum absolute atomic E-state index is 0.157. The van der Waals surface area contributed by atoms with Crippen LogP contribution in [0.15, 0.2) is 60.9 Å². The molecular formula is C22H19N3O4. The zero-order valence-corrected chi connectivity index (χ0v) is 15.6. The quantitative estimate of drug-likeness (QED) is 0.738. The van der Waals surface area contributed by atoms with Crippen molar-refractivity contribution in [1.82, 2.24) is 15.3 Å². The van der Waals surface area contributed by atoms with E-state index in [1.807, 2.05) is 36.4 Å². The van der Waals surface area contributed by atoms with Gasteiger partial charge in [-0.3, -0.25) is 4.79 Å². The molecule has 3 heterocycles. The third-order valence-electron chi connectivity index (χ3n) is 4.94. The van der Waals surface area contributed by atoms with E-state index in [2.05, 4.69) is 15.3 Å². The fraction of sp³-hybridized carbons (Fsp3) is 0.227. The number of carbonyl (C=O) groups is 1. The second-order valence-corrected chi connectivity index (χ2v) is 6.92. The average Bonchev–Trinajstić information content (AvgIpc) is 3.21. The van der Waals surface area contributed by atoms with E-state index in [-0.39, 0.29) is 18.6 Å². The van der Waals surface area contributed by atoms with Crippen molar-refractivity contribution in [2.24, 2.45) is 0 Å². The van der Waals surface area contributed by atoms with Crippen molar-refractivity contribution >= 4 is 5.91 Å². The molecule has 0 saturated carbocycles. The fourth-order valence-electron chi connectivity index (χ4n) is 3.54. The summed E-state index contributed by atoms with van der Waals surface area (Å²) in [6.45, 7) is 0.564. The van der Waals surface area contributed by atoms with Gasteiger partial charge in [-0.05, 0) is 29.8 Å². The third kappa shape index (κ3) is 3.47. The Hall–Kier alpha value is -3.61. The van der Waals surface area contributed by atoms with Crippen LogP contribution in [0, 0.1) is 0 Å². The number of fused-ring (bicyclic) bond motifs is 2. The maximum atomic E-state index is 12.5. The summed E-state index contributed by atoms with van der Waals surface area (Å²) >= 11 is 0. The number of benzene rings is 2. The molecule has 5 rings (SSSR count). The number of rotatable bonds is 4. The average molecular weight is 389 g/mol. The molecule has 0 aliphatic carbocycles. The van der Waals surface area contributed by atoms with Gasteiger partial charge in [-0.25, -0.2) is 9.97 Å². The van der Waals surface area contributed by atoms with Crippen LogP contribution in [0.2, 0.25) is 0 Å². The number of hydrogen-bond donors (Lipinski definition) is 1. The molecule has 0 saturated heterocycles. The van der Waals surface area contributed by atoms with Gasteiger partial charge in [0.1, 0.15) is 18.5 Å². The highest BCUT2D eigenvalue weighted by atomic mass is 16.6. The monoisotopic (exact) mass is 389 g/mol. The topological polar surface area (TPSA) is 82.6 Å². The summed E-state index contributed by atoms with van der Waals surface area (Å²) in [5.74, 6) is 2.42. The number of amides is 1. The molecule has 1 N–H and O–H groups in total. The minimum atomic E-state index is -0.679. The van der Waals surface area contributed by atoms with E-state index < -0.39 is 6.10 Å². The maximum Gasteiger partial charge on any atom is 0.264 e. The maximum absolute atomic E-state index is 12.5. The van der Waals surface area contributed by atoms with Crippen molar-refractivity contribution in [2.75, 3.05) is 13.2 Å². The van der Waals surface area contributed by atoms with Crippen LogP contribution in [0.1, 0.15) is 5.56 Å². The van der Waals surface area contributed by atoms with Gasteiger partial charge in [-0.2, -0.15) is 0 Å². The van der Waals surface area contributed by atoms with Gasteiger partial charge >= 0.3 is 0 Å². The van der Waals surface area contributed by atoms with Crippen LogP contribution in [0.5, 0.6) is 17.2 Å². The lowest BCUT2D eigenvalue weighted by atomic mass is 10.1. The van der Waals surface area contributed by atoms with E-state index in [1.54, 1.807) is 24.5 Å². The summed E-state index contributed by atoms with van der Waals surface area (Å²) in [6.07, 6.45) is 3.29. The van der Waals surface area contributed by atoms with Crippen LogP contribution in [0.3, 0.4) is 0 Å². The summed E-state index contributed by atoms with van der Waals surface area (Å²) in [5, 5.41) is 2.92. The molecule has 1 amide bonds. The van der Waals surface area contributed by atoms with Crippen molar-refractivity contribution in [2.45, 2.75) is 18.6 Å². The Morgan fingerprint density at radius 1 is 1.00 bits per heavy atom. The number of hydrogen-bond acceptors (Lipinski definition) is 6. The highest BCUT2D eigenvalue weighted by Crippen LogP contribution is 2.37. The first-order chi connectivity index (χ1) is 14.3. The van der Waals surface area contributed by atoms with Crippen LogP contribution in [0.4, 0.5) is 0 Å². The van der Waals surface area contributed by atoms with E-state index >= 15 is 0 Å². The van der Waals surface area contributed by atoms with Gasteiger partial charge in [-0.1, -0.05) is 24.3 Å². The molecule has 0 bridgehead atoms. The molecule has 146 valence electrons. The Morgan fingerprint density at radius 3 is 2.69 bits per heavy atom. The number of aromatic nitrogens is 2. The second kappa shape index (κ2) is 7.43. The highest BCUT2D eigenvalue weighted by Gasteiger charge is 2.30. The van der Waals surface area contributed by atoms with Gasteiger partial charge in [0, 0.05) is 18.8 Å². The SMILES string of the molecule is O=C(NC[C@@H]1Cc2cccc(-c3ncccn3)c2O1)[C@@H]1COc2ccccc2O1. The summed E-state index contributed by atoms with van der Waals surface area (Å²) in [7, 11) is 0. The van der Waals surface area contributed by atoms with Crippen LogP contribution >= 0.6 is 0 Å². The first-order valence-corrected chi connectivity index (χ1v) is 9.50. The number of nitrogens with zero attached hydrogens (tertiary/aromatic N) is 2. The van der Waals surface area contributed by atoms with E-state index in [4.69, 9.17) is 14.2 Å². The summed E-state index contributed by atoms with van der Waals surface area (Å²) < 4.78 is 17.5. The Kier molecular flexibility index (Phi) is 4.48. The standard InChI is InChI=1S/C22H19N3O4/c26-22(19-13-27-17-7-1-2-8-18(17)29-19)25-12-15-11-14-5-3-6-16(20(14)28-15)21-23-9-4-10-24-21/h1-10,15,19H,11-13H2,(H,25,26)/t15-,19-/m0/s1. The Morgan fingerprint density at radius 2 is 1.83 bits per heavy atom. The van der Waals surface area contributed by atoms with E-state index in [9.17, 15) is 4.79 Å². The normalized spacial score (nSPS) is 19.2. The summed E-state index contributed by atoms with van der Waals surface area (Å²) in [4.78, 5) is 21.2. The lowest BCUT2D eigenvalue weighted by Crippen LogP contribution is -2.46. The molecule has 29 heavy (non-hydrogen) atoms. The van der Waals surface area contributed by atoms with Crippen molar-refractivity contribution in [1.29, 1.82) is 0 Å². The minimum Gasteiger partial charge on any atom is -0.487 e. The molecule has 2 aromatic carbocycles. The van der Waals surface area contributed by atoms with Gasteiger partial charge in [0.15, 0.2) is 17.3 Å². The van der Waals surface area contributed by atoms with Crippen LogP contribution in [-0.4, -0.2) is 41.2 Å². The smallest absolute Gasteiger partial charge is 0.264 e. The molecule has 7 heteroatoms. The number of ether oxygens (including phenoxy) is 3. The molecule has 2 aliphatic rings. The Bertz CT molecular complexity index is 1040. The Balaban J connectivity index is 1.22. The fourth-order valence-corrected chi connectivity index (χ4v) is 3.54. The largest absolute Gasteiger partial charge is 0.487 e. The molecule has 0 radical (unpaired) electrons. The van der Waals surface area contributed by atoms with Gasteiger partial charge in [0.05, 0.1) is 12.1 Å².